The maximum atomic E-state index is 12.9. The number of fused-ring (bicyclic) bond motifs is 1. The van der Waals surface area contributed by atoms with E-state index in [1.165, 1.54) is 6.42 Å². The molecule has 5 rings (SSSR count). The van der Waals surface area contributed by atoms with Crippen molar-refractivity contribution in [3.63, 3.8) is 0 Å². The van der Waals surface area contributed by atoms with Gasteiger partial charge >= 0.3 is 0 Å². The third-order valence-electron chi connectivity index (χ3n) is 6.08. The van der Waals surface area contributed by atoms with E-state index in [4.69, 9.17) is 14.5 Å². The highest BCUT2D eigenvalue weighted by Crippen LogP contribution is 2.26. The summed E-state index contributed by atoms with van der Waals surface area (Å²) in [5.41, 5.74) is 3.67. The molecular weight excluding hydrogens is 426 g/mol. The van der Waals surface area contributed by atoms with Crippen LogP contribution in [0.1, 0.15) is 31.5 Å². The van der Waals surface area contributed by atoms with Crippen LogP contribution in [0.25, 0.3) is 16.7 Å². The fourth-order valence-corrected chi connectivity index (χ4v) is 4.36. The van der Waals surface area contributed by atoms with Gasteiger partial charge in [0.15, 0.2) is 0 Å². The number of aromatic nitrogens is 2. The minimum absolute atomic E-state index is 0.0726. The molecule has 4 aromatic rings. The monoisotopic (exact) mass is 455 g/mol. The van der Waals surface area contributed by atoms with Gasteiger partial charge in [-0.2, -0.15) is 0 Å². The minimum Gasteiger partial charge on any atom is -0.489 e. The van der Waals surface area contributed by atoms with Crippen molar-refractivity contribution in [2.24, 2.45) is 0 Å². The molecule has 0 saturated carbocycles. The van der Waals surface area contributed by atoms with Gasteiger partial charge in [-0.05, 0) is 55.7 Å². The van der Waals surface area contributed by atoms with Gasteiger partial charge in [-0.15, -0.1) is 0 Å². The predicted octanol–water partition coefficient (Wildman–Crippen LogP) is 5.54. The average Bonchev–Trinajstić information content (AvgIpc) is 3.26. The number of amides is 1. The maximum absolute atomic E-state index is 12.9. The highest BCUT2D eigenvalue weighted by Gasteiger charge is 2.17. The fraction of sp³-hybridized carbons (Fsp3) is 0.286. The molecule has 2 heterocycles. The van der Waals surface area contributed by atoms with Crippen molar-refractivity contribution >= 4 is 22.6 Å². The number of ether oxygens (including phenoxy) is 2. The van der Waals surface area contributed by atoms with Gasteiger partial charge in [-0.1, -0.05) is 42.5 Å². The summed E-state index contributed by atoms with van der Waals surface area (Å²) in [5.74, 6) is 1.46. The lowest BCUT2D eigenvalue weighted by molar-refractivity contribution is -0.116. The number of carbonyl (C=O) groups excluding carboxylic acids is 1. The van der Waals surface area contributed by atoms with Crippen molar-refractivity contribution in [3.05, 3.63) is 84.7 Å². The van der Waals surface area contributed by atoms with E-state index in [0.29, 0.717) is 30.9 Å². The molecule has 0 spiro atoms. The van der Waals surface area contributed by atoms with E-state index in [0.717, 1.165) is 42.0 Å². The molecule has 1 saturated heterocycles. The summed E-state index contributed by atoms with van der Waals surface area (Å²) in [6.45, 7) is 1.29. The lowest BCUT2D eigenvalue weighted by atomic mass is 10.1. The second-order valence-corrected chi connectivity index (χ2v) is 8.53. The Morgan fingerprint density at radius 2 is 1.79 bits per heavy atom. The van der Waals surface area contributed by atoms with Crippen LogP contribution in [-0.2, 0) is 16.0 Å². The molecule has 1 amide bonds. The number of aryl methyl sites for hydroxylation is 1. The topological polar surface area (TPSA) is 65.4 Å². The number of imidazole rings is 1. The Balaban J connectivity index is 1.27. The van der Waals surface area contributed by atoms with Gasteiger partial charge in [-0.3, -0.25) is 9.36 Å². The Hall–Kier alpha value is -3.64. The van der Waals surface area contributed by atoms with E-state index < -0.39 is 0 Å². The van der Waals surface area contributed by atoms with Crippen LogP contribution in [0.2, 0.25) is 0 Å². The second kappa shape index (κ2) is 10.5. The predicted molar refractivity (Wildman–Crippen MR) is 134 cm³/mol. The van der Waals surface area contributed by atoms with Crippen LogP contribution in [-0.4, -0.2) is 34.8 Å². The Labute approximate surface area is 199 Å². The van der Waals surface area contributed by atoms with Crippen LogP contribution >= 0.6 is 0 Å². The van der Waals surface area contributed by atoms with Gasteiger partial charge in [0, 0.05) is 25.1 Å². The molecule has 6 nitrogen and oxygen atoms in total. The maximum Gasteiger partial charge on any atom is 0.224 e. The molecular formula is C28H29N3O3. The van der Waals surface area contributed by atoms with Crippen LogP contribution in [0.4, 0.5) is 5.69 Å². The Bertz CT molecular complexity index is 1250. The minimum atomic E-state index is -0.0726. The quantitative estimate of drug-likeness (QED) is 0.379. The van der Waals surface area contributed by atoms with Crippen LogP contribution in [0.15, 0.2) is 78.9 Å². The average molecular weight is 456 g/mol. The molecule has 1 atom stereocenters. The number of anilines is 1. The number of rotatable bonds is 8. The number of hydrogen-bond donors (Lipinski definition) is 1. The van der Waals surface area contributed by atoms with E-state index in [2.05, 4.69) is 28.1 Å². The van der Waals surface area contributed by atoms with E-state index in [1.54, 1.807) is 0 Å². The van der Waals surface area contributed by atoms with Crippen LogP contribution in [0.5, 0.6) is 5.75 Å². The fourth-order valence-electron chi connectivity index (χ4n) is 4.36. The molecule has 1 aliphatic heterocycles. The first-order valence-corrected chi connectivity index (χ1v) is 11.9. The van der Waals surface area contributed by atoms with Crippen molar-refractivity contribution in [2.75, 3.05) is 18.5 Å². The molecule has 34 heavy (non-hydrogen) atoms. The van der Waals surface area contributed by atoms with Gasteiger partial charge in [0.1, 0.15) is 18.2 Å². The third-order valence-corrected chi connectivity index (χ3v) is 6.08. The summed E-state index contributed by atoms with van der Waals surface area (Å²) < 4.78 is 13.9. The molecule has 0 bridgehead atoms. The molecule has 0 aliphatic carbocycles. The van der Waals surface area contributed by atoms with E-state index in [9.17, 15) is 4.79 Å². The SMILES string of the molecule is O=C(CCc1nc2ccccc2n1-c1ccccc1)Nc1ccccc1OCC1CCCCO1. The van der Waals surface area contributed by atoms with E-state index in [1.807, 2.05) is 60.7 Å². The van der Waals surface area contributed by atoms with E-state index in [-0.39, 0.29) is 12.0 Å². The molecule has 1 fully saturated rings. The van der Waals surface area contributed by atoms with Gasteiger partial charge in [0.05, 0.1) is 22.8 Å². The molecule has 0 radical (unpaired) electrons. The van der Waals surface area contributed by atoms with Gasteiger partial charge < -0.3 is 14.8 Å². The highest BCUT2D eigenvalue weighted by molar-refractivity contribution is 5.92. The molecule has 3 aromatic carbocycles. The molecule has 6 heteroatoms. The number of carbonyl (C=O) groups is 1. The lowest BCUT2D eigenvalue weighted by Crippen LogP contribution is -2.26. The van der Waals surface area contributed by atoms with Gasteiger partial charge in [-0.25, -0.2) is 4.98 Å². The third kappa shape index (κ3) is 5.13. The van der Waals surface area contributed by atoms with Crippen molar-refractivity contribution in [1.29, 1.82) is 0 Å². The second-order valence-electron chi connectivity index (χ2n) is 8.53. The normalized spacial score (nSPS) is 15.8. The largest absolute Gasteiger partial charge is 0.489 e. The van der Waals surface area contributed by atoms with Crippen molar-refractivity contribution < 1.29 is 14.3 Å². The van der Waals surface area contributed by atoms with Gasteiger partial charge in [0.2, 0.25) is 5.91 Å². The van der Waals surface area contributed by atoms with Crippen molar-refractivity contribution in [2.45, 2.75) is 38.2 Å². The summed E-state index contributed by atoms with van der Waals surface area (Å²) in [7, 11) is 0. The molecule has 1 aromatic heterocycles. The first-order valence-electron chi connectivity index (χ1n) is 11.9. The Morgan fingerprint density at radius 3 is 2.65 bits per heavy atom. The number of hydrogen-bond acceptors (Lipinski definition) is 4. The number of nitrogens with one attached hydrogen (secondary N) is 1. The van der Waals surface area contributed by atoms with Gasteiger partial charge in [0.25, 0.3) is 0 Å². The van der Waals surface area contributed by atoms with Crippen molar-refractivity contribution in [3.8, 4) is 11.4 Å². The first-order chi connectivity index (χ1) is 16.8. The van der Waals surface area contributed by atoms with Crippen molar-refractivity contribution in [1.82, 2.24) is 9.55 Å². The smallest absolute Gasteiger partial charge is 0.224 e. The number of benzene rings is 3. The summed E-state index contributed by atoms with van der Waals surface area (Å²) in [6, 6.07) is 25.7. The summed E-state index contributed by atoms with van der Waals surface area (Å²) >= 11 is 0. The Morgan fingerprint density at radius 1 is 1.00 bits per heavy atom. The summed E-state index contributed by atoms with van der Waals surface area (Å²) in [6.07, 6.45) is 4.24. The zero-order valence-electron chi connectivity index (χ0n) is 19.2. The van der Waals surface area contributed by atoms with Crippen LogP contribution in [0, 0.1) is 0 Å². The zero-order chi connectivity index (χ0) is 23.2. The summed E-state index contributed by atoms with van der Waals surface area (Å²) in [5, 5.41) is 3.02. The number of nitrogens with zero attached hydrogens (tertiary/aromatic N) is 2. The molecule has 1 unspecified atom stereocenters. The van der Waals surface area contributed by atoms with E-state index >= 15 is 0 Å². The molecule has 1 N–H and O–H groups in total. The Kier molecular flexibility index (Phi) is 6.86. The zero-order valence-corrected chi connectivity index (χ0v) is 19.2. The van der Waals surface area contributed by atoms with Crippen LogP contribution in [0.3, 0.4) is 0 Å². The molecule has 1 aliphatic rings. The highest BCUT2D eigenvalue weighted by atomic mass is 16.5. The number of para-hydroxylation sites is 5. The lowest BCUT2D eigenvalue weighted by Gasteiger charge is -2.23. The summed E-state index contributed by atoms with van der Waals surface area (Å²) in [4.78, 5) is 17.7. The molecule has 174 valence electrons. The first kappa shape index (κ1) is 22.2. The standard InChI is InChI=1S/C28H29N3O3/c32-28(30-24-14-5-7-16-26(24)34-20-22-12-8-9-19-33-22)18-17-27-29-23-13-4-6-15-25(23)31(27)21-10-2-1-3-11-21/h1-7,10-11,13-16,22H,8-9,12,17-20H2,(H,30,32). The van der Waals surface area contributed by atoms with Crippen LogP contribution < -0.4 is 10.1 Å².